The first kappa shape index (κ1) is 14.3. The number of oxime groups is 1. The second-order valence-electron chi connectivity index (χ2n) is 4.14. The molecule has 106 valence electrons. The zero-order valence-corrected chi connectivity index (χ0v) is 11.1. The van der Waals surface area contributed by atoms with Gasteiger partial charge in [-0.15, -0.1) is 0 Å². The van der Waals surface area contributed by atoms with Gasteiger partial charge in [0.25, 0.3) is 5.91 Å². The van der Waals surface area contributed by atoms with Gasteiger partial charge in [0, 0.05) is 11.3 Å². The monoisotopic (exact) mass is 282 g/mol. The first-order valence-corrected chi connectivity index (χ1v) is 6.17. The van der Waals surface area contributed by atoms with Gasteiger partial charge in [-0.25, -0.2) is 5.43 Å². The Kier molecular flexibility index (Phi) is 4.66. The van der Waals surface area contributed by atoms with Gasteiger partial charge in [-0.1, -0.05) is 47.6 Å². The number of nitrogens with two attached hydrogens (primary N) is 1. The summed E-state index contributed by atoms with van der Waals surface area (Å²) in [4.78, 5) is 12.0. The number of amides is 1. The average molecular weight is 282 g/mol. The number of hydrazone groups is 1. The quantitative estimate of drug-likeness (QED) is 0.345. The fraction of sp³-hybridized carbons (Fsp3) is 0. The van der Waals surface area contributed by atoms with Crippen molar-refractivity contribution < 1.29 is 10.0 Å². The molecule has 2 aromatic carbocycles. The fourth-order valence-corrected chi connectivity index (χ4v) is 1.71. The third-order valence-electron chi connectivity index (χ3n) is 2.73. The molecule has 0 bridgehead atoms. The van der Waals surface area contributed by atoms with Crippen molar-refractivity contribution in [3.8, 4) is 0 Å². The lowest BCUT2D eigenvalue weighted by molar-refractivity contribution is 0.0956. The molecule has 6 nitrogen and oxygen atoms in total. The smallest absolute Gasteiger partial charge is 0.273 e. The summed E-state index contributed by atoms with van der Waals surface area (Å²) in [5.41, 5.74) is 9.83. The zero-order chi connectivity index (χ0) is 15.1. The van der Waals surface area contributed by atoms with Gasteiger partial charge < -0.3 is 10.9 Å². The van der Waals surface area contributed by atoms with Crippen LogP contribution in [0, 0.1) is 0 Å². The molecule has 0 aliphatic heterocycles. The van der Waals surface area contributed by atoms with E-state index < -0.39 is 5.91 Å². The minimum atomic E-state index is -0.437. The van der Waals surface area contributed by atoms with Crippen LogP contribution in [0.1, 0.15) is 15.9 Å². The Morgan fingerprint density at radius 2 is 1.76 bits per heavy atom. The number of para-hydroxylation sites is 1. The van der Waals surface area contributed by atoms with E-state index in [1.54, 1.807) is 36.4 Å². The van der Waals surface area contributed by atoms with Crippen molar-refractivity contribution in [2.75, 3.05) is 5.73 Å². The molecule has 0 aliphatic carbocycles. The van der Waals surface area contributed by atoms with E-state index in [0.29, 0.717) is 22.5 Å². The minimum Gasteiger partial charge on any atom is -0.411 e. The van der Waals surface area contributed by atoms with E-state index in [0.717, 1.165) is 6.21 Å². The Morgan fingerprint density at radius 1 is 1.10 bits per heavy atom. The maximum Gasteiger partial charge on any atom is 0.273 e. The highest BCUT2D eigenvalue weighted by molar-refractivity contribution is 6.38. The number of rotatable bonds is 4. The van der Waals surface area contributed by atoms with Crippen LogP contribution in [0.15, 0.2) is 64.9 Å². The van der Waals surface area contributed by atoms with Crippen LogP contribution in [0.3, 0.4) is 0 Å². The topological polar surface area (TPSA) is 100 Å². The van der Waals surface area contributed by atoms with Crippen LogP contribution in [0.2, 0.25) is 0 Å². The van der Waals surface area contributed by atoms with Gasteiger partial charge in [-0.3, -0.25) is 4.79 Å². The highest BCUT2D eigenvalue weighted by Gasteiger charge is 2.08. The number of anilines is 1. The van der Waals surface area contributed by atoms with E-state index in [-0.39, 0.29) is 0 Å². The van der Waals surface area contributed by atoms with Crippen LogP contribution in [0.4, 0.5) is 5.69 Å². The summed E-state index contributed by atoms with van der Waals surface area (Å²) in [6.45, 7) is 0. The molecule has 0 heterocycles. The molecular weight excluding hydrogens is 268 g/mol. The first-order valence-electron chi connectivity index (χ1n) is 6.17. The highest BCUT2D eigenvalue weighted by atomic mass is 16.4. The standard InChI is InChI=1S/C15H14N4O2/c16-13-9-5-4-8-12(13)15(20)19-18-14(10-17-21)11-6-2-1-3-7-11/h1-10,21H,16H2,(H,19,20). The van der Waals surface area contributed by atoms with E-state index >= 15 is 0 Å². The number of carbonyl (C=O) groups excluding carboxylic acids is 1. The van der Waals surface area contributed by atoms with E-state index in [1.807, 2.05) is 18.2 Å². The Bertz CT molecular complexity index is 681. The van der Waals surface area contributed by atoms with Crippen LogP contribution in [-0.2, 0) is 0 Å². The number of hydrogen-bond acceptors (Lipinski definition) is 5. The lowest BCUT2D eigenvalue weighted by atomic mass is 10.1. The second kappa shape index (κ2) is 6.85. The molecule has 1 amide bonds. The van der Waals surface area contributed by atoms with E-state index in [2.05, 4.69) is 15.7 Å². The maximum absolute atomic E-state index is 12.0. The summed E-state index contributed by atoms with van der Waals surface area (Å²) < 4.78 is 0. The molecule has 0 aromatic heterocycles. The van der Waals surface area contributed by atoms with Gasteiger partial charge in [0.2, 0.25) is 0 Å². The molecular formula is C15H14N4O2. The first-order chi connectivity index (χ1) is 10.2. The molecule has 2 rings (SSSR count). The van der Waals surface area contributed by atoms with Crippen LogP contribution in [0.25, 0.3) is 0 Å². The molecule has 21 heavy (non-hydrogen) atoms. The second-order valence-corrected chi connectivity index (χ2v) is 4.14. The van der Waals surface area contributed by atoms with Crippen molar-refractivity contribution in [1.29, 1.82) is 0 Å². The zero-order valence-electron chi connectivity index (χ0n) is 11.1. The number of nitrogens with zero attached hydrogens (tertiary/aromatic N) is 2. The number of hydrogen-bond donors (Lipinski definition) is 3. The summed E-state index contributed by atoms with van der Waals surface area (Å²) in [5, 5.41) is 15.6. The van der Waals surface area contributed by atoms with E-state index in [9.17, 15) is 4.79 Å². The lowest BCUT2D eigenvalue weighted by Gasteiger charge is -2.05. The van der Waals surface area contributed by atoms with Gasteiger partial charge in [0.15, 0.2) is 0 Å². The molecule has 0 aliphatic rings. The SMILES string of the molecule is Nc1ccccc1C(=O)NN=C(C=NO)c1ccccc1. The molecule has 0 radical (unpaired) electrons. The average Bonchev–Trinajstić information content (AvgIpc) is 2.52. The van der Waals surface area contributed by atoms with Gasteiger partial charge in [-0.05, 0) is 12.1 Å². The normalized spacial score (nSPS) is 11.5. The van der Waals surface area contributed by atoms with Crippen molar-refractivity contribution >= 4 is 23.5 Å². The third-order valence-corrected chi connectivity index (χ3v) is 2.73. The van der Waals surface area contributed by atoms with Crippen molar-refractivity contribution in [2.45, 2.75) is 0 Å². The number of benzene rings is 2. The lowest BCUT2D eigenvalue weighted by Crippen LogP contribution is -2.21. The van der Waals surface area contributed by atoms with Crippen LogP contribution in [0.5, 0.6) is 0 Å². The molecule has 0 spiro atoms. The molecule has 0 fully saturated rings. The van der Waals surface area contributed by atoms with Crippen molar-refractivity contribution in [2.24, 2.45) is 10.3 Å². The number of nitrogens with one attached hydrogen (secondary N) is 1. The molecule has 2 aromatic rings. The molecule has 0 unspecified atom stereocenters. The van der Waals surface area contributed by atoms with Crippen molar-refractivity contribution in [3.05, 3.63) is 65.7 Å². The highest BCUT2D eigenvalue weighted by Crippen LogP contribution is 2.10. The minimum absolute atomic E-state index is 0.320. The summed E-state index contributed by atoms with van der Waals surface area (Å²) in [6, 6.07) is 15.7. The molecule has 0 saturated carbocycles. The number of nitrogen functional groups attached to an aromatic ring is 1. The van der Waals surface area contributed by atoms with Gasteiger partial charge in [-0.2, -0.15) is 5.10 Å². The fourth-order valence-electron chi connectivity index (χ4n) is 1.71. The van der Waals surface area contributed by atoms with Crippen molar-refractivity contribution in [3.63, 3.8) is 0 Å². The third kappa shape index (κ3) is 3.66. The van der Waals surface area contributed by atoms with Crippen LogP contribution >= 0.6 is 0 Å². The van der Waals surface area contributed by atoms with Gasteiger partial charge in [0.1, 0.15) is 5.71 Å². The molecule has 0 saturated heterocycles. The molecule has 0 atom stereocenters. The number of carbonyl (C=O) groups is 1. The maximum atomic E-state index is 12.0. The van der Waals surface area contributed by atoms with Crippen LogP contribution < -0.4 is 11.2 Å². The predicted molar refractivity (Wildman–Crippen MR) is 81.6 cm³/mol. The van der Waals surface area contributed by atoms with Gasteiger partial charge in [0.05, 0.1) is 11.8 Å². The predicted octanol–water partition coefficient (Wildman–Crippen LogP) is 1.86. The molecule has 4 N–H and O–H groups in total. The van der Waals surface area contributed by atoms with E-state index in [4.69, 9.17) is 10.9 Å². The summed E-state index contributed by atoms with van der Waals surface area (Å²) >= 11 is 0. The Hall–Kier alpha value is -3.15. The van der Waals surface area contributed by atoms with Gasteiger partial charge >= 0.3 is 0 Å². The summed E-state index contributed by atoms with van der Waals surface area (Å²) in [7, 11) is 0. The largest absolute Gasteiger partial charge is 0.411 e. The molecule has 6 heteroatoms. The van der Waals surface area contributed by atoms with Crippen molar-refractivity contribution in [1.82, 2.24) is 5.43 Å². The summed E-state index contributed by atoms with van der Waals surface area (Å²) in [5.74, 6) is -0.437. The Labute approximate surface area is 121 Å². The van der Waals surface area contributed by atoms with E-state index in [1.165, 1.54) is 0 Å². The summed E-state index contributed by atoms with van der Waals surface area (Å²) in [6.07, 6.45) is 1.14. The van der Waals surface area contributed by atoms with Crippen LogP contribution in [-0.4, -0.2) is 23.0 Å². The Morgan fingerprint density at radius 3 is 2.43 bits per heavy atom. The Balaban J connectivity index is 2.21.